The molecule has 2 rings (SSSR count). The Morgan fingerprint density at radius 1 is 1.42 bits per heavy atom. The van der Waals surface area contributed by atoms with Gasteiger partial charge in [0, 0.05) is 30.7 Å². The Balaban J connectivity index is 1.94. The largest absolute Gasteiger partial charge is 0.381 e. The highest BCUT2D eigenvalue weighted by atomic mass is 15.0. The number of hydrogen-bond donors (Lipinski definition) is 2. The van der Waals surface area contributed by atoms with E-state index in [4.69, 9.17) is 0 Å². The maximum atomic E-state index is 3.96. The summed E-state index contributed by atoms with van der Waals surface area (Å²) in [6.45, 7) is 2.20. The van der Waals surface area contributed by atoms with Gasteiger partial charge in [0.25, 0.3) is 0 Å². The van der Waals surface area contributed by atoms with Crippen molar-refractivity contribution in [3.8, 4) is 0 Å². The molecule has 0 aliphatic carbocycles. The highest BCUT2D eigenvalue weighted by Crippen LogP contribution is 2.09. The van der Waals surface area contributed by atoms with Gasteiger partial charge in [-0.05, 0) is 25.1 Å². The summed E-state index contributed by atoms with van der Waals surface area (Å²) in [6.07, 6.45) is 4.83. The first-order chi connectivity index (χ1) is 5.95. The normalized spacial score (nSPS) is 22.5. The summed E-state index contributed by atoms with van der Waals surface area (Å²) in [5, 5.41) is 6.75. The summed E-state index contributed by atoms with van der Waals surface area (Å²) in [5.41, 5.74) is 1.17. The fourth-order valence-corrected chi connectivity index (χ4v) is 1.46. The van der Waals surface area contributed by atoms with Crippen molar-refractivity contribution in [2.75, 3.05) is 18.4 Å². The Kier molecular flexibility index (Phi) is 2.23. The molecule has 0 saturated carbocycles. The van der Waals surface area contributed by atoms with Gasteiger partial charge < -0.3 is 10.6 Å². The zero-order valence-corrected chi connectivity index (χ0v) is 6.96. The first kappa shape index (κ1) is 7.55. The van der Waals surface area contributed by atoms with E-state index in [1.54, 1.807) is 0 Å². The van der Waals surface area contributed by atoms with Crippen LogP contribution in [-0.4, -0.2) is 24.1 Å². The molecule has 3 nitrogen and oxygen atoms in total. The van der Waals surface area contributed by atoms with E-state index < -0.39 is 0 Å². The molecule has 0 aromatic carbocycles. The second-order valence-corrected chi connectivity index (χ2v) is 3.07. The third kappa shape index (κ3) is 1.74. The van der Waals surface area contributed by atoms with E-state index in [0.29, 0.717) is 6.04 Å². The minimum absolute atomic E-state index is 0.590. The molecule has 3 heteroatoms. The number of aromatic nitrogens is 1. The molecule has 1 saturated heterocycles. The molecular weight excluding hydrogens is 150 g/mol. The second kappa shape index (κ2) is 3.54. The van der Waals surface area contributed by atoms with Gasteiger partial charge in [0.1, 0.15) is 0 Å². The highest BCUT2D eigenvalue weighted by molar-refractivity contribution is 5.42. The Morgan fingerprint density at radius 3 is 2.92 bits per heavy atom. The van der Waals surface area contributed by atoms with Gasteiger partial charge in [-0.2, -0.15) is 0 Å². The lowest BCUT2D eigenvalue weighted by Gasteiger charge is -2.11. The predicted molar refractivity (Wildman–Crippen MR) is 49.1 cm³/mol. The summed E-state index contributed by atoms with van der Waals surface area (Å²) in [7, 11) is 0. The molecule has 1 aromatic rings. The van der Waals surface area contributed by atoms with Crippen molar-refractivity contribution in [1.29, 1.82) is 0 Å². The third-order valence-corrected chi connectivity index (χ3v) is 2.11. The van der Waals surface area contributed by atoms with Crippen LogP contribution in [0.25, 0.3) is 0 Å². The molecule has 0 spiro atoms. The number of rotatable bonds is 2. The van der Waals surface area contributed by atoms with Crippen molar-refractivity contribution in [2.24, 2.45) is 0 Å². The third-order valence-electron chi connectivity index (χ3n) is 2.11. The van der Waals surface area contributed by atoms with Crippen LogP contribution in [0.1, 0.15) is 6.42 Å². The minimum atomic E-state index is 0.590. The first-order valence-corrected chi connectivity index (χ1v) is 4.32. The van der Waals surface area contributed by atoms with E-state index in [9.17, 15) is 0 Å². The van der Waals surface area contributed by atoms with Crippen LogP contribution in [0.15, 0.2) is 24.5 Å². The lowest BCUT2D eigenvalue weighted by Crippen LogP contribution is -2.21. The number of pyridine rings is 1. The van der Waals surface area contributed by atoms with Crippen LogP contribution in [0, 0.1) is 0 Å². The average molecular weight is 163 g/mol. The van der Waals surface area contributed by atoms with Crippen LogP contribution in [0.2, 0.25) is 0 Å². The molecule has 2 N–H and O–H groups in total. The van der Waals surface area contributed by atoms with E-state index >= 15 is 0 Å². The van der Waals surface area contributed by atoms with Crippen molar-refractivity contribution < 1.29 is 0 Å². The van der Waals surface area contributed by atoms with Gasteiger partial charge >= 0.3 is 0 Å². The molecule has 0 bridgehead atoms. The molecular formula is C9H13N3. The van der Waals surface area contributed by atoms with Gasteiger partial charge in [-0.1, -0.05) is 0 Å². The van der Waals surface area contributed by atoms with Crippen molar-refractivity contribution >= 4 is 5.69 Å². The van der Waals surface area contributed by atoms with E-state index in [0.717, 1.165) is 13.1 Å². The molecule has 0 amide bonds. The van der Waals surface area contributed by atoms with Gasteiger partial charge in [0.05, 0.1) is 0 Å². The van der Waals surface area contributed by atoms with E-state index in [-0.39, 0.29) is 0 Å². The van der Waals surface area contributed by atoms with Gasteiger partial charge in [-0.15, -0.1) is 0 Å². The highest BCUT2D eigenvalue weighted by Gasteiger charge is 2.12. The first-order valence-electron chi connectivity index (χ1n) is 4.32. The number of nitrogens with zero attached hydrogens (tertiary/aromatic N) is 1. The summed E-state index contributed by atoms with van der Waals surface area (Å²) < 4.78 is 0. The SMILES string of the molecule is c1cc(N[C@@H]2CCNC2)ccn1. The minimum Gasteiger partial charge on any atom is -0.381 e. The molecule has 1 aromatic heterocycles. The van der Waals surface area contributed by atoms with Crippen LogP contribution < -0.4 is 10.6 Å². The van der Waals surface area contributed by atoms with E-state index in [1.807, 2.05) is 24.5 Å². The summed E-state index contributed by atoms with van der Waals surface area (Å²) in [6, 6.07) is 4.59. The molecule has 1 fully saturated rings. The fourth-order valence-electron chi connectivity index (χ4n) is 1.46. The second-order valence-electron chi connectivity index (χ2n) is 3.07. The van der Waals surface area contributed by atoms with E-state index in [2.05, 4.69) is 15.6 Å². The predicted octanol–water partition coefficient (Wildman–Crippen LogP) is 0.855. The molecule has 12 heavy (non-hydrogen) atoms. The monoisotopic (exact) mass is 163 g/mol. The molecule has 1 aliphatic heterocycles. The molecule has 1 atom stereocenters. The van der Waals surface area contributed by atoms with Crippen LogP contribution in [0.5, 0.6) is 0 Å². The van der Waals surface area contributed by atoms with Crippen LogP contribution in [-0.2, 0) is 0 Å². The van der Waals surface area contributed by atoms with Crippen LogP contribution in [0.4, 0.5) is 5.69 Å². The summed E-state index contributed by atoms with van der Waals surface area (Å²) >= 11 is 0. The Labute approximate surface area is 72.2 Å². The standard InChI is InChI=1S/C9H13N3/c1-4-10-5-2-8(1)12-9-3-6-11-7-9/h1-2,4-5,9,11H,3,6-7H2,(H,10,12)/t9-/m1/s1. The van der Waals surface area contributed by atoms with E-state index in [1.165, 1.54) is 12.1 Å². The molecule has 64 valence electrons. The summed E-state index contributed by atoms with van der Waals surface area (Å²) in [4.78, 5) is 3.96. The molecule has 1 aliphatic rings. The van der Waals surface area contributed by atoms with Crippen LogP contribution >= 0.6 is 0 Å². The van der Waals surface area contributed by atoms with Crippen molar-refractivity contribution in [1.82, 2.24) is 10.3 Å². The van der Waals surface area contributed by atoms with Gasteiger partial charge in [0.2, 0.25) is 0 Å². The lowest BCUT2D eigenvalue weighted by atomic mass is 10.2. The maximum absolute atomic E-state index is 3.96. The van der Waals surface area contributed by atoms with Gasteiger partial charge in [0.15, 0.2) is 0 Å². The zero-order valence-electron chi connectivity index (χ0n) is 6.96. The smallest absolute Gasteiger partial charge is 0.0398 e. The van der Waals surface area contributed by atoms with Crippen molar-refractivity contribution in [2.45, 2.75) is 12.5 Å². The molecule has 0 unspecified atom stereocenters. The maximum Gasteiger partial charge on any atom is 0.0398 e. The quantitative estimate of drug-likeness (QED) is 0.679. The Hall–Kier alpha value is -1.09. The van der Waals surface area contributed by atoms with Crippen molar-refractivity contribution in [3.05, 3.63) is 24.5 Å². The topological polar surface area (TPSA) is 37.0 Å². The number of nitrogens with one attached hydrogen (secondary N) is 2. The molecule has 0 radical (unpaired) electrons. The molecule has 2 heterocycles. The Bertz CT molecular complexity index is 229. The fraction of sp³-hybridized carbons (Fsp3) is 0.444. The van der Waals surface area contributed by atoms with Gasteiger partial charge in [-0.25, -0.2) is 0 Å². The number of hydrogen-bond acceptors (Lipinski definition) is 3. The number of anilines is 1. The Morgan fingerprint density at radius 2 is 2.25 bits per heavy atom. The average Bonchev–Trinajstić information content (AvgIpc) is 2.59. The lowest BCUT2D eigenvalue weighted by molar-refractivity contribution is 0.793. The van der Waals surface area contributed by atoms with Crippen LogP contribution in [0.3, 0.4) is 0 Å². The summed E-state index contributed by atoms with van der Waals surface area (Å²) in [5.74, 6) is 0. The zero-order chi connectivity index (χ0) is 8.23. The van der Waals surface area contributed by atoms with Crippen molar-refractivity contribution in [3.63, 3.8) is 0 Å². The van der Waals surface area contributed by atoms with Gasteiger partial charge in [-0.3, -0.25) is 4.98 Å².